The van der Waals surface area contributed by atoms with Gasteiger partial charge in [0.25, 0.3) is 11.8 Å². The number of fused-ring (bicyclic) bond motifs is 2. The lowest BCUT2D eigenvalue weighted by atomic mass is 10.0. The van der Waals surface area contributed by atoms with E-state index in [0.717, 1.165) is 19.1 Å². The number of carbonyl (C=O) groups is 2. The number of nitrogen functional groups attached to an aromatic ring is 1. The summed E-state index contributed by atoms with van der Waals surface area (Å²) in [6, 6.07) is 8.48. The third-order valence-corrected chi connectivity index (χ3v) is 7.69. The summed E-state index contributed by atoms with van der Waals surface area (Å²) in [6.07, 6.45) is 7.94. The number of benzene rings is 1. The van der Waals surface area contributed by atoms with Gasteiger partial charge >= 0.3 is 0 Å². The molecule has 200 valence electrons. The molecule has 13 heteroatoms. The molecule has 0 radical (unpaired) electrons. The van der Waals surface area contributed by atoms with Crippen LogP contribution >= 0.6 is 0 Å². The van der Waals surface area contributed by atoms with Crippen LogP contribution in [0.15, 0.2) is 48.9 Å². The van der Waals surface area contributed by atoms with Crippen LogP contribution in [-0.2, 0) is 16.6 Å². The lowest BCUT2D eigenvalue weighted by Gasteiger charge is -2.24. The van der Waals surface area contributed by atoms with E-state index in [-0.39, 0.29) is 34.7 Å². The third kappa shape index (κ3) is 4.65. The van der Waals surface area contributed by atoms with Gasteiger partial charge in [0.15, 0.2) is 11.5 Å². The molecule has 0 saturated heterocycles. The zero-order valence-corrected chi connectivity index (χ0v) is 22.1. The number of rotatable bonds is 7. The largest absolute Gasteiger partial charge is 0.381 e. The van der Waals surface area contributed by atoms with E-state index in [0.29, 0.717) is 40.5 Å². The van der Waals surface area contributed by atoms with E-state index >= 15 is 0 Å². The van der Waals surface area contributed by atoms with Gasteiger partial charge in [-0.05, 0) is 61.6 Å². The van der Waals surface area contributed by atoms with Crippen molar-refractivity contribution < 1.29 is 18.0 Å². The number of anilines is 3. The molecular weight excluding hydrogens is 520 g/mol. The van der Waals surface area contributed by atoms with Gasteiger partial charge < -0.3 is 16.0 Å². The van der Waals surface area contributed by atoms with Crippen molar-refractivity contribution in [3.63, 3.8) is 0 Å². The Bertz CT molecular complexity index is 1750. The van der Waals surface area contributed by atoms with Crippen LogP contribution in [-0.4, -0.2) is 57.0 Å². The molecule has 2 amide bonds. The minimum atomic E-state index is -3.67. The summed E-state index contributed by atoms with van der Waals surface area (Å²) in [4.78, 5) is 36.9. The third-order valence-electron chi connectivity index (χ3n) is 7.10. The lowest BCUT2D eigenvalue weighted by molar-refractivity contribution is 0.0698. The van der Waals surface area contributed by atoms with Crippen LogP contribution in [0.2, 0.25) is 0 Å². The van der Waals surface area contributed by atoms with Gasteiger partial charge in [0.2, 0.25) is 10.0 Å². The minimum absolute atomic E-state index is 0.00916. The maximum absolute atomic E-state index is 13.4. The molecule has 0 unspecified atom stereocenters. The van der Waals surface area contributed by atoms with Crippen molar-refractivity contribution in [1.29, 1.82) is 0 Å². The predicted molar refractivity (Wildman–Crippen MR) is 146 cm³/mol. The molecule has 1 aliphatic heterocycles. The van der Waals surface area contributed by atoms with Crippen molar-refractivity contribution >= 4 is 44.7 Å². The Balaban J connectivity index is 1.42. The smallest absolute Gasteiger partial charge is 0.263 e. The zero-order chi connectivity index (χ0) is 27.5. The standard InChI is InChI=1S/C26H26N8O4S/c1-14(15-3-4-15)33-13-17-11-16(12-20(21(17)26(33)36)32-39(2,37)38)19-7-10-34-24(30-19)22(23(27)31-34)25(35)29-18-5-8-28-9-6-18/h5-12,14-15,32H,3-4,13H2,1-2H3,(H2,27,31)(H,28,29,35)/t14-/m0/s1. The van der Waals surface area contributed by atoms with Gasteiger partial charge in [0, 0.05) is 42.4 Å². The number of aromatic nitrogens is 4. The van der Waals surface area contributed by atoms with Gasteiger partial charge in [-0.25, -0.2) is 17.9 Å². The molecule has 4 aromatic rings. The second kappa shape index (κ2) is 9.05. The fourth-order valence-corrected chi connectivity index (χ4v) is 5.58. The van der Waals surface area contributed by atoms with Crippen LogP contribution in [0.4, 0.5) is 17.2 Å². The van der Waals surface area contributed by atoms with Crippen LogP contribution in [0.25, 0.3) is 16.9 Å². The molecule has 4 N–H and O–H groups in total. The van der Waals surface area contributed by atoms with Crippen LogP contribution in [0, 0.1) is 5.92 Å². The number of nitrogens with two attached hydrogens (primary N) is 1. The molecule has 0 spiro atoms. The summed E-state index contributed by atoms with van der Waals surface area (Å²) in [5, 5.41) is 6.98. The molecule has 1 fully saturated rings. The number of nitrogens with zero attached hydrogens (tertiary/aromatic N) is 5. The maximum atomic E-state index is 13.4. The second-order valence-electron chi connectivity index (χ2n) is 9.97. The molecule has 1 saturated carbocycles. The van der Waals surface area contributed by atoms with Gasteiger partial charge in [0.1, 0.15) is 5.56 Å². The van der Waals surface area contributed by atoms with Gasteiger partial charge in [-0.1, -0.05) is 0 Å². The van der Waals surface area contributed by atoms with Crippen molar-refractivity contribution in [1.82, 2.24) is 24.5 Å². The molecule has 3 aromatic heterocycles. The minimum Gasteiger partial charge on any atom is -0.381 e. The van der Waals surface area contributed by atoms with E-state index in [2.05, 4.69) is 25.1 Å². The first-order valence-electron chi connectivity index (χ1n) is 12.4. The molecule has 1 aromatic carbocycles. The van der Waals surface area contributed by atoms with E-state index in [4.69, 9.17) is 5.73 Å². The summed E-state index contributed by atoms with van der Waals surface area (Å²) in [5.74, 6) is -0.205. The summed E-state index contributed by atoms with van der Waals surface area (Å²) in [6.45, 7) is 2.41. The molecule has 12 nitrogen and oxygen atoms in total. The van der Waals surface area contributed by atoms with Crippen LogP contribution in [0.1, 0.15) is 46.0 Å². The predicted octanol–water partition coefficient (Wildman–Crippen LogP) is 2.75. The second-order valence-corrected chi connectivity index (χ2v) is 11.7. The number of hydrogen-bond donors (Lipinski definition) is 3. The number of carbonyl (C=O) groups excluding carboxylic acids is 2. The molecule has 1 atom stereocenters. The van der Waals surface area contributed by atoms with Crippen LogP contribution in [0.5, 0.6) is 0 Å². The van der Waals surface area contributed by atoms with Crippen molar-refractivity contribution in [2.75, 3.05) is 22.0 Å². The highest BCUT2D eigenvalue weighted by Crippen LogP contribution is 2.41. The fraction of sp³-hybridized carbons (Fsp3) is 0.269. The Hall–Kier alpha value is -4.52. The van der Waals surface area contributed by atoms with Crippen molar-refractivity contribution in [3.05, 3.63) is 65.6 Å². The van der Waals surface area contributed by atoms with E-state index < -0.39 is 15.9 Å². The summed E-state index contributed by atoms with van der Waals surface area (Å²) in [7, 11) is -3.67. The topological polar surface area (TPSA) is 165 Å². The first-order valence-corrected chi connectivity index (χ1v) is 14.3. The Kier molecular flexibility index (Phi) is 5.75. The zero-order valence-electron chi connectivity index (χ0n) is 21.2. The Morgan fingerprint density at radius 1 is 1.18 bits per heavy atom. The lowest BCUT2D eigenvalue weighted by Crippen LogP contribution is -2.34. The van der Waals surface area contributed by atoms with Crippen molar-refractivity contribution in [2.24, 2.45) is 5.92 Å². The molecule has 39 heavy (non-hydrogen) atoms. The van der Waals surface area contributed by atoms with Crippen LogP contribution in [0.3, 0.4) is 0 Å². The van der Waals surface area contributed by atoms with Gasteiger partial charge in [0.05, 0.1) is 23.2 Å². The average Bonchev–Trinajstić information content (AvgIpc) is 3.60. The monoisotopic (exact) mass is 546 g/mol. The Labute approximate surface area is 224 Å². The maximum Gasteiger partial charge on any atom is 0.263 e. The molecular formula is C26H26N8O4S. The number of pyridine rings is 1. The van der Waals surface area contributed by atoms with E-state index in [1.165, 1.54) is 4.52 Å². The highest BCUT2D eigenvalue weighted by Gasteiger charge is 2.40. The Morgan fingerprint density at radius 2 is 1.92 bits per heavy atom. The van der Waals surface area contributed by atoms with E-state index in [1.807, 2.05) is 13.0 Å². The molecule has 2 aliphatic rings. The highest BCUT2D eigenvalue weighted by molar-refractivity contribution is 7.92. The summed E-state index contributed by atoms with van der Waals surface area (Å²) in [5.41, 5.74) is 9.26. The Morgan fingerprint density at radius 3 is 2.62 bits per heavy atom. The normalized spacial score (nSPS) is 15.8. The summed E-state index contributed by atoms with van der Waals surface area (Å²) >= 11 is 0. The van der Waals surface area contributed by atoms with Gasteiger partial charge in [-0.3, -0.25) is 19.3 Å². The quantitative estimate of drug-likeness (QED) is 0.318. The molecule has 6 rings (SSSR count). The first-order chi connectivity index (χ1) is 18.6. The average molecular weight is 547 g/mol. The number of sulfonamides is 1. The first kappa shape index (κ1) is 24.8. The molecule has 1 aliphatic carbocycles. The fourth-order valence-electron chi connectivity index (χ4n) is 5.02. The van der Waals surface area contributed by atoms with Crippen molar-refractivity contribution in [2.45, 2.75) is 32.4 Å². The van der Waals surface area contributed by atoms with Crippen LogP contribution < -0.4 is 15.8 Å². The van der Waals surface area contributed by atoms with Gasteiger partial charge in [-0.15, -0.1) is 5.10 Å². The number of nitrogens with one attached hydrogen (secondary N) is 2. The SMILES string of the molecule is C[C@@H](C1CC1)N1Cc2cc(-c3ccn4nc(N)c(C(=O)Nc5ccncc5)c4n3)cc(NS(C)(=O)=O)c2C1=O. The van der Waals surface area contributed by atoms with Crippen molar-refractivity contribution in [3.8, 4) is 11.3 Å². The van der Waals surface area contributed by atoms with E-state index in [9.17, 15) is 18.0 Å². The molecule has 0 bridgehead atoms. The number of amides is 2. The highest BCUT2D eigenvalue weighted by atomic mass is 32.2. The number of hydrogen-bond acceptors (Lipinski definition) is 8. The van der Waals surface area contributed by atoms with Gasteiger partial charge in [-0.2, -0.15) is 0 Å². The van der Waals surface area contributed by atoms with E-state index in [1.54, 1.807) is 47.8 Å². The molecule has 4 heterocycles. The summed E-state index contributed by atoms with van der Waals surface area (Å²) < 4.78 is 28.3.